The lowest BCUT2D eigenvalue weighted by Crippen LogP contribution is -2.35. The summed E-state index contributed by atoms with van der Waals surface area (Å²) in [4.78, 5) is 28.9. The molecule has 1 aliphatic rings. The van der Waals surface area contributed by atoms with Crippen molar-refractivity contribution < 1.29 is 9.59 Å². The Kier molecular flexibility index (Phi) is 6.04. The lowest BCUT2D eigenvalue weighted by Gasteiger charge is -2.21. The Morgan fingerprint density at radius 1 is 1.27 bits per heavy atom. The molecule has 0 saturated heterocycles. The molecule has 3 rings (SSSR count). The molecule has 0 spiro atoms. The quantitative estimate of drug-likeness (QED) is 0.836. The number of anilines is 1. The smallest absolute Gasteiger partial charge is 0.251 e. The predicted octanol–water partition coefficient (Wildman–Crippen LogP) is 3.22. The van der Waals surface area contributed by atoms with Gasteiger partial charge in [0, 0.05) is 42.1 Å². The fourth-order valence-corrected chi connectivity index (χ4v) is 3.41. The second-order valence-electron chi connectivity index (χ2n) is 7.04. The molecule has 1 heterocycles. The zero-order valence-corrected chi connectivity index (χ0v) is 15.1. The molecule has 1 saturated carbocycles. The first-order chi connectivity index (χ1) is 12.6. The third-order valence-corrected chi connectivity index (χ3v) is 4.79. The van der Waals surface area contributed by atoms with Crippen molar-refractivity contribution in [3.8, 4) is 0 Å². The van der Waals surface area contributed by atoms with Crippen LogP contribution in [0.3, 0.4) is 0 Å². The SMILES string of the molecule is CC(Cn1ccnc1)NC(=O)c1cccc(NC(=O)C2CCCCC2)c1. The largest absolute Gasteiger partial charge is 0.348 e. The summed E-state index contributed by atoms with van der Waals surface area (Å²) in [5, 5.41) is 5.94. The summed E-state index contributed by atoms with van der Waals surface area (Å²) in [7, 11) is 0. The van der Waals surface area contributed by atoms with Gasteiger partial charge in [0.1, 0.15) is 0 Å². The zero-order valence-electron chi connectivity index (χ0n) is 15.1. The summed E-state index contributed by atoms with van der Waals surface area (Å²) >= 11 is 0. The number of aromatic nitrogens is 2. The highest BCUT2D eigenvalue weighted by Gasteiger charge is 2.21. The maximum atomic E-state index is 12.5. The van der Waals surface area contributed by atoms with E-state index in [1.165, 1.54) is 6.42 Å². The van der Waals surface area contributed by atoms with Crippen LogP contribution in [0.4, 0.5) is 5.69 Å². The topological polar surface area (TPSA) is 76.0 Å². The first-order valence-electron chi connectivity index (χ1n) is 9.29. The number of amides is 2. The molecule has 2 aromatic rings. The number of carbonyl (C=O) groups excluding carboxylic acids is 2. The predicted molar refractivity (Wildman–Crippen MR) is 101 cm³/mol. The molecule has 0 aliphatic heterocycles. The van der Waals surface area contributed by atoms with Gasteiger partial charge >= 0.3 is 0 Å². The average Bonchev–Trinajstić information content (AvgIpc) is 3.15. The lowest BCUT2D eigenvalue weighted by molar-refractivity contribution is -0.120. The third kappa shape index (κ3) is 4.94. The average molecular weight is 354 g/mol. The number of imidazole rings is 1. The minimum atomic E-state index is -0.147. The summed E-state index contributed by atoms with van der Waals surface area (Å²) in [5.41, 5.74) is 1.22. The van der Waals surface area contributed by atoms with E-state index in [1.807, 2.05) is 23.8 Å². The van der Waals surface area contributed by atoms with Gasteiger partial charge in [-0.3, -0.25) is 9.59 Å². The van der Waals surface area contributed by atoms with Crippen molar-refractivity contribution >= 4 is 17.5 Å². The molecule has 1 aliphatic carbocycles. The van der Waals surface area contributed by atoms with Gasteiger partial charge in [0.2, 0.25) is 5.91 Å². The fourth-order valence-electron chi connectivity index (χ4n) is 3.41. The summed E-state index contributed by atoms with van der Waals surface area (Å²) in [6, 6.07) is 7.09. The van der Waals surface area contributed by atoms with Crippen molar-refractivity contribution in [1.82, 2.24) is 14.9 Å². The molecule has 138 valence electrons. The third-order valence-electron chi connectivity index (χ3n) is 4.79. The number of nitrogens with zero attached hydrogens (tertiary/aromatic N) is 2. The van der Waals surface area contributed by atoms with E-state index in [2.05, 4.69) is 15.6 Å². The van der Waals surface area contributed by atoms with Gasteiger partial charge < -0.3 is 15.2 Å². The summed E-state index contributed by atoms with van der Waals surface area (Å²) in [5.74, 6) is 0.0125. The van der Waals surface area contributed by atoms with Crippen LogP contribution in [0.5, 0.6) is 0 Å². The summed E-state index contributed by atoms with van der Waals surface area (Å²) in [6.45, 7) is 2.61. The van der Waals surface area contributed by atoms with Crippen molar-refractivity contribution in [1.29, 1.82) is 0 Å². The molecule has 1 aromatic heterocycles. The van der Waals surface area contributed by atoms with Crippen LogP contribution in [-0.4, -0.2) is 27.4 Å². The highest BCUT2D eigenvalue weighted by Crippen LogP contribution is 2.25. The first kappa shape index (κ1) is 18.2. The maximum Gasteiger partial charge on any atom is 0.251 e. The first-order valence-corrected chi connectivity index (χ1v) is 9.29. The van der Waals surface area contributed by atoms with E-state index >= 15 is 0 Å². The van der Waals surface area contributed by atoms with Gasteiger partial charge in [0.05, 0.1) is 6.33 Å². The molecular weight excluding hydrogens is 328 g/mol. The Morgan fingerprint density at radius 2 is 2.08 bits per heavy atom. The minimum absolute atomic E-state index is 0.0304. The van der Waals surface area contributed by atoms with Crippen LogP contribution < -0.4 is 10.6 Å². The van der Waals surface area contributed by atoms with Crippen LogP contribution in [0.1, 0.15) is 49.4 Å². The van der Waals surface area contributed by atoms with E-state index in [1.54, 1.807) is 30.7 Å². The van der Waals surface area contributed by atoms with Crippen LogP contribution >= 0.6 is 0 Å². The number of hydrogen-bond donors (Lipinski definition) is 2. The van der Waals surface area contributed by atoms with Gasteiger partial charge in [-0.1, -0.05) is 25.3 Å². The second-order valence-corrected chi connectivity index (χ2v) is 7.04. The molecule has 1 aromatic carbocycles. The number of rotatable bonds is 6. The Hall–Kier alpha value is -2.63. The highest BCUT2D eigenvalue weighted by molar-refractivity contribution is 5.97. The van der Waals surface area contributed by atoms with Gasteiger partial charge in [0.15, 0.2) is 0 Å². The normalized spacial score (nSPS) is 16.0. The van der Waals surface area contributed by atoms with E-state index in [9.17, 15) is 9.59 Å². The summed E-state index contributed by atoms with van der Waals surface area (Å²) < 4.78 is 1.92. The van der Waals surface area contributed by atoms with Crippen LogP contribution in [0.2, 0.25) is 0 Å². The highest BCUT2D eigenvalue weighted by atomic mass is 16.2. The van der Waals surface area contributed by atoms with Crippen LogP contribution in [0.15, 0.2) is 43.0 Å². The molecule has 1 atom stereocenters. The lowest BCUT2D eigenvalue weighted by atomic mass is 9.88. The van der Waals surface area contributed by atoms with E-state index in [0.717, 1.165) is 25.7 Å². The Labute approximate surface area is 154 Å². The number of benzene rings is 1. The zero-order chi connectivity index (χ0) is 18.4. The number of nitrogens with one attached hydrogen (secondary N) is 2. The molecule has 26 heavy (non-hydrogen) atoms. The second kappa shape index (κ2) is 8.65. The number of hydrogen-bond acceptors (Lipinski definition) is 3. The van der Waals surface area contributed by atoms with Crippen LogP contribution in [-0.2, 0) is 11.3 Å². The van der Waals surface area contributed by atoms with Gasteiger partial charge in [-0.25, -0.2) is 4.98 Å². The Morgan fingerprint density at radius 3 is 2.81 bits per heavy atom. The van der Waals surface area contributed by atoms with Crippen LogP contribution in [0.25, 0.3) is 0 Å². The van der Waals surface area contributed by atoms with E-state index < -0.39 is 0 Å². The monoisotopic (exact) mass is 354 g/mol. The van der Waals surface area contributed by atoms with Gasteiger partial charge in [0.25, 0.3) is 5.91 Å². The fraction of sp³-hybridized carbons (Fsp3) is 0.450. The Bertz CT molecular complexity index is 736. The molecule has 1 unspecified atom stereocenters. The van der Waals surface area contributed by atoms with E-state index in [-0.39, 0.29) is 23.8 Å². The van der Waals surface area contributed by atoms with Crippen molar-refractivity contribution in [2.24, 2.45) is 5.92 Å². The van der Waals surface area contributed by atoms with Crippen molar-refractivity contribution in [2.75, 3.05) is 5.32 Å². The van der Waals surface area contributed by atoms with E-state index in [4.69, 9.17) is 0 Å². The summed E-state index contributed by atoms with van der Waals surface area (Å²) in [6.07, 6.45) is 10.7. The van der Waals surface area contributed by atoms with Gasteiger partial charge in [-0.15, -0.1) is 0 Å². The van der Waals surface area contributed by atoms with Crippen molar-refractivity contribution in [2.45, 2.75) is 51.6 Å². The minimum Gasteiger partial charge on any atom is -0.348 e. The molecular formula is C20H26N4O2. The van der Waals surface area contributed by atoms with Gasteiger partial charge in [-0.2, -0.15) is 0 Å². The molecule has 6 heteroatoms. The molecule has 0 bridgehead atoms. The molecule has 6 nitrogen and oxygen atoms in total. The van der Waals surface area contributed by atoms with Crippen molar-refractivity contribution in [3.63, 3.8) is 0 Å². The number of carbonyl (C=O) groups is 2. The Balaban J connectivity index is 1.57. The standard InChI is InChI=1S/C20H26N4O2/c1-15(13-24-11-10-21-14-24)22-20(26)17-8-5-9-18(12-17)23-19(25)16-6-3-2-4-7-16/h5,8-12,14-16H,2-4,6-7,13H2,1H3,(H,22,26)(H,23,25). The maximum absolute atomic E-state index is 12.5. The molecule has 1 fully saturated rings. The molecule has 2 amide bonds. The van der Waals surface area contributed by atoms with E-state index in [0.29, 0.717) is 17.8 Å². The van der Waals surface area contributed by atoms with Crippen molar-refractivity contribution in [3.05, 3.63) is 48.5 Å². The molecule has 2 N–H and O–H groups in total. The van der Waals surface area contributed by atoms with Gasteiger partial charge in [-0.05, 0) is 38.0 Å². The van der Waals surface area contributed by atoms with Crippen LogP contribution in [0, 0.1) is 5.92 Å². The molecule has 0 radical (unpaired) electrons.